The first kappa shape index (κ1) is 39.2. The zero-order chi connectivity index (χ0) is 38.9. The number of aromatic hydroxyl groups is 2. The minimum Gasteiger partial charge on any atom is -0.507 e. The van der Waals surface area contributed by atoms with Crippen LogP contribution in [0.15, 0.2) is 58.1 Å². The van der Waals surface area contributed by atoms with Crippen LogP contribution in [0.1, 0.15) is 84.8 Å². The quantitative estimate of drug-likeness (QED) is 0.127. The van der Waals surface area contributed by atoms with Gasteiger partial charge in [-0.15, -0.1) is 0 Å². The summed E-state index contributed by atoms with van der Waals surface area (Å²) in [6.45, 7) is 1.63. The predicted molar refractivity (Wildman–Crippen MR) is 201 cm³/mol. The number of phenolic OH excluding ortho intramolecular Hbond substituents is 2. The number of ether oxygens (including phenoxy) is 4. The molecular formula is C40H45N3O11. The molecule has 1 unspecified atom stereocenters. The van der Waals surface area contributed by atoms with Gasteiger partial charge in [0.15, 0.2) is 11.5 Å². The number of aromatic nitrogens is 2. The van der Waals surface area contributed by atoms with Gasteiger partial charge in [-0.25, -0.2) is 4.79 Å². The number of para-hydroxylation sites is 2. The van der Waals surface area contributed by atoms with E-state index >= 15 is 0 Å². The number of hydrogen-bond donors (Lipinski definition) is 4. The molecule has 1 aliphatic heterocycles. The number of methoxy groups -OCH3 is 3. The van der Waals surface area contributed by atoms with Crippen molar-refractivity contribution in [2.45, 2.75) is 70.4 Å². The number of amides is 1. The number of aromatic amines is 1. The number of ketones is 1. The van der Waals surface area contributed by atoms with E-state index in [2.05, 4.69) is 10.3 Å². The van der Waals surface area contributed by atoms with Crippen molar-refractivity contribution in [3.63, 3.8) is 0 Å². The number of Topliss-reactive ketones (excluding diaryl/α,β-unsaturated/α-hetero) is 1. The number of H-pyrrole nitrogens is 1. The fourth-order valence-corrected chi connectivity index (χ4v) is 6.72. The molecule has 0 fully saturated rings. The van der Waals surface area contributed by atoms with E-state index in [1.54, 1.807) is 55.5 Å². The van der Waals surface area contributed by atoms with Crippen LogP contribution in [0, 0.1) is 0 Å². The van der Waals surface area contributed by atoms with Gasteiger partial charge >= 0.3 is 17.1 Å². The highest BCUT2D eigenvalue weighted by Crippen LogP contribution is 2.47. The minimum atomic E-state index is -1.10. The van der Waals surface area contributed by atoms with Crippen LogP contribution >= 0.6 is 0 Å². The van der Waals surface area contributed by atoms with Gasteiger partial charge in [0.2, 0.25) is 11.7 Å². The van der Waals surface area contributed by atoms with Gasteiger partial charge < -0.3 is 44.0 Å². The Morgan fingerprint density at radius 3 is 2.41 bits per heavy atom. The number of rotatable bonds is 10. The summed E-state index contributed by atoms with van der Waals surface area (Å²) in [7, 11) is 4.27. The SMILES string of the molecule is COc1cc(C(CC(=O)NCCn2c(=O)c(=O)[nH]c3ccccc32)c2c(O)cc3c(c2O)C(=O)O[C@@H](C)CCCC(=O)CCC/C=C/3)cc(OC)c1OC. The number of benzene rings is 3. The molecule has 4 N–H and O–H groups in total. The van der Waals surface area contributed by atoms with Crippen LogP contribution in [0.3, 0.4) is 0 Å². The number of hydrogen-bond acceptors (Lipinski definition) is 11. The molecular weight excluding hydrogens is 698 g/mol. The maximum absolute atomic E-state index is 13.8. The smallest absolute Gasteiger partial charge is 0.342 e. The second kappa shape index (κ2) is 17.6. The van der Waals surface area contributed by atoms with Crippen LogP contribution < -0.4 is 30.6 Å². The molecule has 2 atom stereocenters. The summed E-state index contributed by atoms with van der Waals surface area (Å²) in [4.78, 5) is 67.4. The lowest BCUT2D eigenvalue weighted by Crippen LogP contribution is -2.39. The summed E-state index contributed by atoms with van der Waals surface area (Å²) in [6, 6.07) is 11.3. The Balaban J connectivity index is 1.56. The highest BCUT2D eigenvalue weighted by Gasteiger charge is 2.32. The van der Waals surface area contributed by atoms with Gasteiger partial charge in [-0.1, -0.05) is 24.3 Å². The van der Waals surface area contributed by atoms with Crippen molar-refractivity contribution >= 4 is 34.8 Å². The van der Waals surface area contributed by atoms with E-state index in [9.17, 15) is 34.2 Å². The molecule has 0 bridgehead atoms. The molecule has 3 aromatic carbocycles. The molecule has 0 aliphatic carbocycles. The summed E-state index contributed by atoms with van der Waals surface area (Å²) in [5.74, 6) is -2.57. The molecule has 0 spiro atoms. The van der Waals surface area contributed by atoms with Crippen LogP contribution in [-0.2, 0) is 20.9 Å². The molecule has 14 heteroatoms. The Labute approximate surface area is 311 Å². The Hall–Kier alpha value is -6.05. The predicted octanol–water partition coefficient (Wildman–Crippen LogP) is 4.95. The van der Waals surface area contributed by atoms with Crippen LogP contribution in [0.2, 0.25) is 0 Å². The van der Waals surface area contributed by atoms with Crippen molar-refractivity contribution in [1.29, 1.82) is 0 Å². The zero-order valence-electron chi connectivity index (χ0n) is 30.7. The van der Waals surface area contributed by atoms with Crippen molar-refractivity contribution < 1.29 is 43.5 Å². The second-order valence-electron chi connectivity index (χ2n) is 13.1. The number of fused-ring (bicyclic) bond motifs is 2. The Morgan fingerprint density at radius 2 is 1.70 bits per heavy atom. The number of carbonyl (C=O) groups excluding carboxylic acids is 3. The van der Waals surface area contributed by atoms with Crippen molar-refractivity contribution in [2.24, 2.45) is 0 Å². The molecule has 5 rings (SSSR count). The Kier molecular flexibility index (Phi) is 12.8. The second-order valence-corrected chi connectivity index (χ2v) is 13.1. The van der Waals surface area contributed by atoms with E-state index in [1.165, 1.54) is 32.0 Å². The van der Waals surface area contributed by atoms with Gasteiger partial charge in [-0.2, -0.15) is 0 Å². The summed E-state index contributed by atoms with van der Waals surface area (Å²) >= 11 is 0. The summed E-state index contributed by atoms with van der Waals surface area (Å²) < 4.78 is 23.6. The van der Waals surface area contributed by atoms with E-state index in [0.717, 1.165) is 0 Å². The number of phenols is 2. The standard InChI is InChI=1S/C40H45N3O11/c1-23-11-10-14-26(44)13-7-5-6-12-24-19-30(45)35(36(47)34(24)40(50)54-23)27(25-20-31(51-2)37(53-4)32(21-25)52-3)22-33(46)41-17-18-43-29-16-9-8-15-28(29)42-38(48)39(43)49/h6,8-9,12,15-16,19-21,23,27,45,47H,5,7,10-11,13-14,17-18,22H2,1-4H3,(H,41,46)(H,42,48)/b12-6+/t23-,27?/m0/s1. The van der Waals surface area contributed by atoms with Gasteiger partial charge in [0.25, 0.3) is 0 Å². The van der Waals surface area contributed by atoms with Crippen molar-refractivity contribution in [3.8, 4) is 28.7 Å². The zero-order valence-corrected chi connectivity index (χ0v) is 30.7. The number of allylic oxidation sites excluding steroid dienone is 1. The third-order valence-corrected chi connectivity index (χ3v) is 9.42. The summed E-state index contributed by atoms with van der Waals surface area (Å²) in [5, 5.41) is 26.3. The van der Waals surface area contributed by atoms with Gasteiger partial charge in [-0.3, -0.25) is 19.2 Å². The molecule has 1 aliphatic rings. The molecule has 1 amide bonds. The first-order valence-corrected chi connectivity index (χ1v) is 17.7. The lowest BCUT2D eigenvalue weighted by molar-refractivity contribution is -0.121. The molecule has 2 heterocycles. The fraction of sp³-hybridized carbons (Fsp3) is 0.375. The van der Waals surface area contributed by atoms with Crippen molar-refractivity contribution in [1.82, 2.24) is 14.9 Å². The molecule has 54 heavy (non-hydrogen) atoms. The molecule has 0 saturated carbocycles. The lowest BCUT2D eigenvalue weighted by Gasteiger charge is -2.24. The highest BCUT2D eigenvalue weighted by molar-refractivity contribution is 5.98. The monoisotopic (exact) mass is 743 g/mol. The average Bonchev–Trinajstić information content (AvgIpc) is 3.14. The first-order chi connectivity index (χ1) is 26.0. The third kappa shape index (κ3) is 8.76. The topological polar surface area (TPSA) is 195 Å². The average molecular weight is 744 g/mol. The van der Waals surface area contributed by atoms with Crippen molar-refractivity contribution in [2.75, 3.05) is 27.9 Å². The number of esters is 1. The van der Waals surface area contributed by atoms with Crippen LogP contribution in [0.25, 0.3) is 17.1 Å². The van der Waals surface area contributed by atoms with Crippen molar-refractivity contribution in [3.05, 3.63) is 91.5 Å². The fourth-order valence-electron chi connectivity index (χ4n) is 6.72. The highest BCUT2D eigenvalue weighted by atomic mass is 16.5. The maximum Gasteiger partial charge on any atom is 0.342 e. The molecule has 286 valence electrons. The number of cyclic esters (lactones) is 1. The Morgan fingerprint density at radius 1 is 1.00 bits per heavy atom. The largest absolute Gasteiger partial charge is 0.507 e. The van der Waals surface area contributed by atoms with Gasteiger partial charge in [0, 0.05) is 43.8 Å². The minimum absolute atomic E-state index is 0.0241. The van der Waals surface area contributed by atoms with Gasteiger partial charge in [0.1, 0.15) is 22.8 Å². The molecule has 14 nitrogen and oxygen atoms in total. The van der Waals surface area contributed by atoms with Crippen LogP contribution in [-0.4, -0.2) is 71.4 Å². The molecule has 0 radical (unpaired) electrons. The molecule has 1 aromatic heterocycles. The molecule has 0 saturated heterocycles. The number of nitrogens with zero attached hydrogens (tertiary/aromatic N) is 1. The van der Waals surface area contributed by atoms with E-state index in [0.29, 0.717) is 55.1 Å². The molecule has 4 aromatic rings. The van der Waals surface area contributed by atoms with E-state index in [-0.39, 0.29) is 59.2 Å². The third-order valence-electron chi connectivity index (χ3n) is 9.42. The maximum atomic E-state index is 13.8. The summed E-state index contributed by atoms with van der Waals surface area (Å²) in [6.07, 6.45) is 5.28. The van der Waals surface area contributed by atoms with Gasteiger partial charge in [0.05, 0.1) is 38.5 Å². The van der Waals surface area contributed by atoms with E-state index < -0.39 is 46.5 Å². The number of nitrogens with one attached hydrogen (secondary N) is 2. The first-order valence-electron chi connectivity index (χ1n) is 17.7. The van der Waals surface area contributed by atoms with Gasteiger partial charge in [-0.05, 0) is 74.1 Å². The summed E-state index contributed by atoms with van der Waals surface area (Å²) in [5.41, 5.74) is -0.396. The Bertz CT molecular complexity index is 2160. The lowest BCUT2D eigenvalue weighted by atomic mass is 9.84. The van der Waals surface area contributed by atoms with E-state index in [1.807, 2.05) is 0 Å². The van der Waals surface area contributed by atoms with E-state index in [4.69, 9.17) is 18.9 Å². The number of carbonyl (C=O) groups is 3. The normalized spacial score (nSPS) is 16.4. The van der Waals surface area contributed by atoms with Crippen LogP contribution in [0.4, 0.5) is 0 Å². The van der Waals surface area contributed by atoms with Crippen LogP contribution in [0.5, 0.6) is 28.7 Å².